The SMILES string of the molecule is Cc1cc(C)nc(NNS(=O)(=O)c2ccc(-n3ncc(Cl)c(Cl)c3=O)cc2)n1. The van der Waals surface area contributed by atoms with Gasteiger partial charge >= 0.3 is 0 Å². The van der Waals surface area contributed by atoms with Gasteiger partial charge in [-0.05, 0) is 44.2 Å². The first-order valence-corrected chi connectivity index (χ1v) is 10.0. The van der Waals surface area contributed by atoms with Gasteiger partial charge in [0.25, 0.3) is 15.6 Å². The first-order chi connectivity index (χ1) is 13.2. The monoisotopic (exact) mass is 440 g/mol. The van der Waals surface area contributed by atoms with Crippen LogP contribution in [0.3, 0.4) is 0 Å². The summed E-state index contributed by atoms with van der Waals surface area (Å²) in [5.41, 5.74) is 3.57. The molecule has 0 unspecified atom stereocenters. The number of rotatable bonds is 5. The fourth-order valence-electron chi connectivity index (χ4n) is 2.32. The third kappa shape index (κ3) is 4.30. The number of hydrogen-bond acceptors (Lipinski definition) is 7. The van der Waals surface area contributed by atoms with Gasteiger partial charge in [-0.2, -0.15) is 9.78 Å². The molecule has 0 aliphatic rings. The highest BCUT2D eigenvalue weighted by Crippen LogP contribution is 2.17. The van der Waals surface area contributed by atoms with Crippen molar-refractivity contribution in [3.63, 3.8) is 0 Å². The third-order valence-corrected chi connectivity index (χ3v) is 5.56. The molecule has 1 aromatic carbocycles. The maximum absolute atomic E-state index is 12.4. The quantitative estimate of drug-likeness (QED) is 0.583. The highest BCUT2D eigenvalue weighted by Gasteiger charge is 2.15. The van der Waals surface area contributed by atoms with Crippen LogP contribution in [0.4, 0.5) is 5.95 Å². The number of benzene rings is 1. The van der Waals surface area contributed by atoms with Crippen molar-refractivity contribution in [2.75, 3.05) is 5.43 Å². The Hall–Kier alpha value is -2.53. The molecule has 0 saturated heterocycles. The average molecular weight is 441 g/mol. The van der Waals surface area contributed by atoms with Gasteiger partial charge in [0, 0.05) is 11.4 Å². The average Bonchev–Trinajstić information content (AvgIpc) is 2.64. The number of hydrazine groups is 1. The van der Waals surface area contributed by atoms with E-state index in [1.165, 1.54) is 30.5 Å². The van der Waals surface area contributed by atoms with Crippen LogP contribution in [0.15, 0.2) is 46.2 Å². The Kier molecular flexibility index (Phi) is 5.66. The topological polar surface area (TPSA) is 119 Å². The largest absolute Gasteiger partial charge is 0.291 e. The summed E-state index contributed by atoms with van der Waals surface area (Å²) in [6.45, 7) is 3.54. The molecule has 3 aromatic rings. The molecule has 0 saturated carbocycles. The van der Waals surface area contributed by atoms with E-state index in [-0.39, 0.29) is 20.9 Å². The van der Waals surface area contributed by atoms with Gasteiger partial charge in [0.1, 0.15) is 5.02 Å². The second kappa shape index (κ2) is 7.84. The van der Waals surface area contributed by atoms with E-state index < -0.39 is 15.6 Å². The number of halogens is 2. The Bertz CT molecular complexity index is 1180. The summed E-state index contributed by atoms with van der Waals surface area (Å²) in [6, 6.07) is 7.23. The van der Waals surface area contributed by atoms with Crippen LogP contribution < -0.4 is 15.8 Å². The summed E-state index contributed by atoms with van der Waals surface area (Å²) in [5, 5.41) is 3.75. The molecule has 0 aliphatic heterocycles. The molecule has 9 nitrogen and oxygen atoms in total. The van der Waals surface area contributed by atoms with Crippen molar-refractivity contribution in [2.24, 2.45) is 0 Å². The van der Waals surface area contributed by atoms with Gasteiger partial charge in [0.15, 0.2) is 0 Å². The van der Waals surface area contributed by atoms with Gasteiger partial charge in [-0.3, -0.25) is 10.2 Å². The smallest absolute Gasteiger partial charge is 0.276 e. The molecule has 12 heteroatoms. The van der Waals surface area contributed by atoms with Crippen LogP contribution in [0.5, 0.6) is 0 Å². The fourth-order valence-corrected chi connectivity index (χ4v) is 3.41. The van der Waals surface area contributed by atoms with Crippen molar-refractivity contribution in [3.05, 3.63) is 68.3 Å². The Balaban J connectivity index is 1.82. The molecular formula is C16H14Cl2N6O3S. The van der Waals surface area contributed by atoms with Gasteiger partial charge in [-0.15, -0.1) is 4.83 Å². The van der Waals surface area contributed by atoms with Crippen LogP contribution in [-0.4, -0.2) is 28.2 Å². The highest BCUT2D eigenvalue weighted by molar-refractivity contribution is 7.89. The van der Waals surface area contributed by atoms with E-state index in [0.29, 0.717) is 17.1 Å². The molecule has 0 bridgehead atoms. The van der Waals surface area contributed by atoms with Gasteiger partial charge in [-0.25, -0.2) is 18.4 Å². The van der Waals surface area contributed by atoms with Crippen LogP contribution in [-0.2, 0) is 10.0 Å². The molecule has 146 valence electrons. The number of nitrogens with one attached hydrogen (secondary N) is 2. The maximum atomic E-state index is 12.4. The standard InChI is InChI=1S/C16H14Cl2N6O3S/c1-9-7-10(2)21-16(20-9)22-23-28(26,27)12-5-3-11(4-6-12)24-15(25)14(18)13(17)8-19-24/h3-8,23H,1-2H3,(H,20,21,22). The maximum Gasteiger partial charge on any atom is 0.291 e. The van der Waals surface area contributed by atoms with Gasteiger partial charge in [0.05, 0.1) is 21.8 Å². The van der Waals surface area contributed by atoms with Crippen LogP contribution >= 0.6 is 23.2 Å². The fraction of sp³-hybridized carbons (Fsp3) is 0.125. The zero-order chi connectivity index (χ0) is 20.5. The number of anilines is 1. The third-order valence-electron chi connectivity index (χ3n) is 3.55. The van der Waals surface area contributed by atoms with Crippen LogP contribution in [0.1, 0.15) is 11.4 Å². The highest BCUT2D eigenvalue weighted by atomic mass is 35.5. The molecule has 0 spiro atoms. The number of hydrogen-bond donors (Lipinski definition) is 2. The normalized spacial score (nSPS) is 11.4. The van der Waals surface area contributed by atoms with Crippen molar-refractivity contribution in [2.45, 2.75) is 18.7 Å². The Morgan fingerprint density at radius 2 is 1.64 bits per heavy atom. The molecule has 28 heavy (non-hydrogen) atoms. The summed E-state index contributed by atoms with van der Waals surface area (Å²) >= 11 is 11.6. The number of aryl methyl sites for hydroxylation is 2. The van der Waals surface area contributed by atoms with E-state index >= 15 is 0 Å². The second-order valence-electron chi connectivity index (χ2n) is 5.72. The minimum absolute atomic E-state index is 0.0333. The number of nitrogens with zero attached hydrogens (tertiary/aromatic N) is 4. The second-order valence-corrected chi connectivity index (χ2v) is 8.19. The summed E-state index contributed by atoms with van der Waals surface area (Å²) in [5.74, 6) is 0.129. The van der Waals surface area contributed by atoms with Gasteiger partial charge in [-0.1, -0.05) is 23.2 Å². The lowest BCUT2D eigenvalue weighted by Gasteiger charge is -2.10. The first kappa shape index (κ1) is 20.2. The lowest BCUT2D eigenvalue weighted by atomic mass is 10.3. The van der Waals surface area contributed by atoms with Crippen LogP contribution in [0.2, 0.25) is 10.0 Å². The van der Waals surface area contributed by atoms with E-state index in [2.05, 4.69) is 25.3 Å². The van der Waals surface area contributed by atoms with Gasteiger partial charge in [0.2, 0.25) is 5.95 Å². The Morgan fingerprint density at radius 3 is 2.25 bits per heavy atom. The zero-order valence-corrected chi connectivity index (χ0v) is 17.0. The van der Waals surface area contributed by atoms with E-state index in [0.717, 1.165) is 4.68 Å². The van der Waals surface area contributed by atoms with E-state index in [1.54, 1.807) is 19.9 Å². The molecule has 2 heterocycles. The molecule has 0 atom stereocenters. The Morgan fingerprint density at radius 1 is 1.04 bits per heavy atom. The van der Waals surface area contributed by atoms with Crippen molar-refractivity contribution in [3.8, 4) is 5.69 Å². The number of sulfonamides is 1. The summed E-state index contributed by atoms with van der Waals surface area (Å²) in [6.07, 6.45) is 1.23. The molecule has 0 amide bonds. The van der Waals surface area contributed by atoms with Crippen molar-refractivity contribution >= 4 is 39.2 Å². The van der Waals surface area contributed by atoms with Crippen molar-refractivity contribution in [1.29, 1.82) is 0 Å². The minimum atomic E-state index is -3.90. The van der Waals surface area contributed by atoms with E-state index in [4.69, 9.17) is 23.2 Å². The molecule has 0 fully saturated rings. The summed E-state index contributed by atoms with van der Waals surface area (Å²) in [4.78, 5) is 22.5. The van der Waals surface area contributed by atoms with E-state index in [9.17, 15) is 13.2 Å². The minimum Gasteiger partial charge on any atom is -0.276 e. The van der Waals surface area contributed by atoms with Crippen LogP contribution in [0, 0.1) is 13.8 Å². The first-order valence-electron chi connectivity index (χ1n) is 7.81. The molecule has 2 N–H and O–H groups in total. The zero-order valence-electron chi connectivity index (χ0n) is 14.6. The molecule has 0 radical (unpaired) electrons. The molecule has 2 aromatic heterocycles. The predicted octanol–water partition coefficient (Wildman–Crippen LogP) is 2.25. The molecular weight excluding hydrogens is 427 g/mol. The van der Waals surface area contributed by atoms with E-state index in [1.807, 2.05) is 0 Å². The van der Waals surface area contributed by atoms with Gasteiger partial charge < -0.3 is 0 Å². The lowest BCUT2D eigenvalue weighted by molar-refractivity contribution is 0.587. The predicted molar refractivity (Wildman–Crippen MR) is 105 cm³/mol. The Labute approximate surface area is 170 Å². The summed E-state index contributed by atoms with van der Waals surface area (Å²) in [7, 11) is -3.90. The lowest BCUT2D eigenvalue weighted by Crippen LogP contribution is -2.30. The molecule has 3 rings (SSSR count). The molecule has 0 aliphatic carbocycles. The van der Waals surface area contributed by atoms with Crippen LogP contribution in [0.25, 0.3) is 5.69 Å². The van der Waals surface area contributed by atoms with Crippen molar-refractivity contribution in [1.82, 2.24) is 24.6 Å². The number of aromatic nitrogens is 4. The summed E-state index contributed by atoms with van der Waals surface area (Å²) < 4.78 is 25.9. The van der Waals surface area contributed by atoms with Crippen molar-refractivity contribution < 1.29 is 8.42 Å².